The first-order valence-electron chi connectivity index (χ1n) is 6.88. The minimum Gasteiger partial charge on any atom is -0.375 e. The SMILES string of the molecule is CC(C)CCCOC(C)C(F)CNC(=O)C(C)C. The largest absolute Gasteiger partial charge is 0.375 e. The number of halogens is 1. The third-order valence-corrected chi connectivity index (χ3v) is 2.81. The fraction of sp³-hybridized carbons (Fsp3) is 0.929. The van der Waals surface area contributed by atoms with Gasteiger partial charge in [0.2, 0.25) is 5.91 Å². The van der Waals surface area contributed by atoms with Gasteiger partial charge in [-0.2, -0.15) is 0 Å². The van der Waals surface area contributed by atoms with E-state index in [1.165, 1.54) is 0 Å². The summed E-state index contributed by atoms with van der Waals surface area (Å²) in [5, 5.41) is 2.58. The van der Waals surface area contributed by atoms with Gasteiger partial charge in [-0.15, -0.1) is 0 Å². The fourth-order valence-corrected chi connectivity index (χ4v) is 1.43. The quantitative estimate of drug-likeness (QED) is 0.648. The van der Waals surface area contributed by atoms with Crippen molar-refractivity contribution >= 4 is 5.91 Å². The summed E-state index contributed by atoms with van der Waals surface area (Å²) in [6, 6.07) is 0. The molecule has 0 heterocycles. The maximum Gasteiger partial charge on any atom is 0.222 e. The standard InChI is InChI=1S/C14H28FNO2/c1-10(2)7-6-8-18-12(5)13(15)9-16-14(17)11(3)4/h10-13H,6-9H2,1-5H3,(H,16,17). The second-order valence-electron chi connectivity index (χ2n) is 5.53. The van der Waals surface area contributed by atoms with Crippen molar-refractivity contribution in [2.75, 3.05) is 13.2 Å². The number of hydrogen-bond acceptors (Lipinski definition) is 2. The van der Waals surface area contributed by atoms with Gasteiger partial charge in [-0.05, 0) is 25.7 Å². The van der Waals surface area contributed by atoms with Crippen LogP contribution in [0.25, 0.3) is 0 Å². The first kappa shape index (κ1) is 17.4. The predicted molar refractivity (Wildman–Crippen MR) is 72.2 cm³/mol. The second kappa shape index (κ2) is 9.31. The Morgan fingerprint density at radius 3 is 2.33 bits per heavy atom. The number of ether oxygens (including phenoxy) is 1. The number of rotatable bonds is 9. The molecule has 18 heavy (non-hydrogen) atoms. The molecule has 108 valence electrons. The van der Waals surface area contributed by atoms with Crippen LogP contribution >= 0.6 is 0 Å². The highest BCUT2D eigenvalue weighted by atomic mass is 19.1. The summed E-state index contributed by atoms with van der Waals surface area (Å²) in [5.74, 6) is 0.416. The first-order chi connectivity index (χ1) is 8.34. The lowest BCUT2D eigenvalue weighted by Crippen LogP contribution is -2.38. The van der Waals surface area contributed by atoms with Crippen LogP contribution in [0.3, 0.4) is 0 Å². The maximum absolute atomic E-state index is 13.7. The Morgan fingerprint density at radius 1 is 1.22 bits per heavy atom. The van der Waals surface area contributed by atoms with Crippen molar-refractivity contribution in [3.05, 3.63) is 0 Å². The number of nitrogens with one attached hydrogen (secondary N) is 1. The smallest absolute Gasteiger partial charge is 0.222 e. The van der Waals surface area contributed by atoms with Gasteiger partial charge in [-0.3, -0.25) is 4.79 Å². The van der Waals surface area contributed by atoms with Crippen LogP contribution in [-0.2, 0) is 9.53 Å². The van der Waals surface area contributed by atoms with Crippen LogP contribution in [0.5, 0.6) is 0 Å². The third-order valence-electron chi connectivity index (χ3n) is 2.81. The topological polar surface area (TPSA) is 38.3 Å². The van der Waals surface area contributed by atoms with E-state index in [9.17, 15) is 9.18 Å². The number of carbonyl (C=O) groups is 1. The van der Waals surface area contributed by atoms with Gasteiger partial charge in [-0.1, -0.05) is 27.7 Å². The molecule has 0 aliphatic heterocycles. The van der Waals surface area contributed by atoms with E-state index in [2.05, 4.69) is 19.2 Å². The van der Waals surface area contributed by atoms with Gasteiger partial charge >= 0.3 is 0 Å². The molecule has 0 aromatic heterocycles. The van der Waals surface area contributed by atoms with E-state index in [0.29, 0.717) is 12.5 Å². The maximum atomic E-state index is 13.7. The summed E-state index contributed by atoms with van der Waals surface area (Å²) < 4.78 is 19.1. The van der Waals surface area contributed by atoms with E-state index in [1.807, 2.05) is 0 Å². The molecule has 0 aromatic carbocycles. The Labute approximate surface area is 110 Å². The zero-order valence-corrected chi connectivity index (χ0v) is 12.3. The Kier molecular flexibility index (Phi) is 8.98. The van der Waals surface area contributed by atoms with Crippen molar-refractivity contribution in [3.8, 4) is 0 Å². The molecule has 0 fully saturated rings. The number of alkyl halides is 1. The van der Waals surface area contributed by atoms with E-state index in [0.717, 1.165) is 12.8 Å². The molecule has 0 rings (SSSR count). The Balaban J connectivity index is 3.69. The van der Waals surface area contributed by atoms with Gasteiger partial charge in [0, 0.05) is 12.5 Å². The lowest BCUT2D eigenvalue weighted by molar-refractivity contribution is -0.124. The summed E-state index contributed by atoms with van der Waals surface area (Å²) >= 11 is 0. The normalized spacial score (nSPS) is 14.9. The lowest BCUT2D eigenvalue weighted by Gasteiger charge is -2.19. The summed E-state index contributed by atoms with van der Waals surface area (Å²) in [5.41, 5.74) is 0. The van der Waals surface area contributed by atoms with Gasteiger partial charge in [0.05, 0.1) is 12.6 Å². The van der Waals surface area contributed by atoms with E-state index in [4.69, 9.17) is 4.74 Å². The molecule has 0 bridgehead atoms. The Morgan fingerprint density at radius 2 is 1.83 bits per heavy atom. The number of amides is 1. The van der Waals surface area contributed by atoms with Gasteiger partial charge in [0.15, 0.2) is 0 Å². The third kappa shape index (κ3) is 8.45. The van der Waals surface area contributed by atoms with Gasteiger partial charge in [0.1, 0.15) is 6.17 Å². The molecule has 0 saturated heterocycles. The highest BCUT2D eigenvalue weighted by Gasteiger charge is 2.18. The number of carbonyl (C=O) groups excluding carboxylic acids is 1. The van der Waals surface area contributed by atoms with Gasteiger partial charge < -0.3 is 10.1 Å². The molecule has 2 atom stereocenters. The zero-order chi connectivity index (χ0) is 14.1. The molecule has 1 N–H and O–H groups in total. The summed E-state index contributed by atoms with van der Waals surface area (Å²) in [6.07, 6.45) is 0.428. The Bertz CT molecular complexity index is 232. The fourth-order valence-electron chi connectivity index (χ4n) is 1.43. The van der Waals surface area contributed by atoms with Crippen molar-refractivity contribution in [1.29, 1.82) is 0 Å². The van der Waals surface area contributed by atoms with Crippen molar-refractivity contribution in [2.24, 2.45) is 11.8 Å². The van der Waals surface area contributed by atoms with Crippen LogP contribution in [0.1, 0.15) is 47.5 Å². The van der Waals surface area contributed by atoms with Crippen molar-refractivity contribution in [1.82, 2.24) is 5.32 Å². The van der Waals surface area contributed by atoms with E-state index < -0.39 is 12.3 Å². The molecule has 1 amide bonds. The van der Waals surface area contributed by atoms with E-state index in [-0.39, 0.29) is 18.4 Å². The second-order valence-corrected chi connectivity index (χ2v) is 5.53. The van der Waals surface area contributed by atoms with Crippen molar-refractivity contribution in [2.45, 2.75) is 59.7 Å². The minimum absolute atomic E-state index is 0.0301. The molecular weight excluding hydrogens is 233 g/mol. The van der Waals surface area contributed by atoms with E-state index >= 15 is 0 Å². The van der Waals surface area contributed by atoms with Crippen LogP contribution in [0, 0.1) is 11.8 Å². The minimum atomic E-state index is -1.15. The van der Waals surface area contributed by atoms with Gasteiger partial charge in [0.25, 0.3) is 0 Å². The highest BCUT2D eigenvalue weighted by Crippen LogP contribution is 2.07. The highest BCUT2D eigenvalue weighted by molar-refractivity contribution is 5.77. The van der Waals surface area contributed by atoms with E-state index in [1.54, 1.807) is 20.8 Å². The molecule has 0 spiro atoms. The molecule has 3 nitrogen and oxygen atoms in total. The van der Waals surface area contributed by atoms with Crippen molar-refractivity contribution < 1.29 is 13.9 Å². The van der Waals surface area contributed by atoms with Crippen molar-refractivity contribution in [3.63, 3.8) is 0 Å². The average Bonchev–Trinajstić information content (AvgIpc) is 2.30. The predicted octanol–water partition coefficient (Wildman–Crippen LogP) is 2.94. The van der Waals surface area contributed by atoms with Crippen LogP contribution in [0.2, 0.25) is 0 Å². The molecule has 0 aliphatic rings. The molecule has 0 aliphatic carbocycles. The molecule has 0 radical (unpaired) electrons. The van der Waals surface area contributed by atoms with Crippen LogP contribution in [0.15, 0.2) is 0 Å². The van der Waals surface area contributed by atoms with Crippen LogP contribution < -0.4 is 5.32 Å². The molecule has 2 unspecified atom stereocenters. The lowest BCUT2D eigenvalue weighted by atomic mass is 10.1. The molecule has 4 heteroatoms. The first-order valence-corrected chi connectivity index (χ1v) is 6.88. The molecule has 0 saturated carbocycles. The summed E-state index contributed by atoms with van der Waals surface area (Å²) in [6.45, 7) is 10.2. The summed E-state index contributed by atoms with van der Waals surface area (Å²) in [7, 11) is 0. The number of hydrogen-bond donors (Lipinski definition) is 1. The average molecular weight is 261 g/mol. The van der Waals surface area contributed by atoms with Gasteiger partial charge in [-0.25, -0.2) is 4.39 Å². The Hall–Kier alpha value is -0.640. The molecular formula is C14H28FNO2. The van der Waals surface area contributed by atoms with Crippen LogP contribution in [-0.4, -0.2) is 31.3 Å². The molecule has 0 aromatic rings. The summed E-state index contributed by atoms with van der Waals surface area (Å²) in [4.78, 5) is 11.3. The zero-order valence-electron chi connectivity index (χ0n) is 12.3. The van der Waals surface area contributed by atoms with Crippen LogP contribution in [0.4, 0.5) is 4.39 Å². The monoisotopic (exact) mass is 261 g/mol.